The SMILES string of the molecule is N#Cc1ccc2c(c1)-c1ccc(-c3ccccc3-c3nc(-c4ccccc4)c4sc5ccccc5c4n3)cc1C21CCCCC1. The van der Waals surface area contributed by atoms with Crippen molar-refractivity contribution in [1.82, 2.24) is 9.97 Å². The molecule has 9 rings (SSSR count). The molecule has 0 saturated heterocycles. The van der Waals surface area contributed by atoms with Crippen molar-refractivity contribution in [3.8, 4) is 51.0 Å². The minimum absolute atomic E-state index is 0.00728. The summed E-state index contributed by atoms with van der Waals surface area (Å²) in [6, 6.07) is 43.3. The summed E-state index contributed by atoms with van der Waals surface area (Å²) in [7, 11) is 0. The molecule has 1 saturated carbocycles. The molecule has 45 heavy (non-hydrogen) atoms. The zero-order valence-electron chi connectivity index (χ0n) is 24.8. The largest absolute Gasteiger partial charge is 0.226 e. The Bertz CT molecular complexity index is 2320. The maximum atomic E-state index is 9.69. The first kappa shape index (κ1) is 26.3. The molecule has 2 heterocycles. The van der Waals surface area contributed by atoms with Crippen molar-refractivity contribution in [2.75, 3.05) is 0 Å². The molecule has 0 N–H and O–H groups in total. The predicted molar refractivity (Wildman–Crippen MR) is 185 cm³/mol. The van der Waals surface area contributed by atoms with Gasteiger partial charge in [-0.15, -0.1) is 11.3 Å². The molecule has 0 unspecified atom stereocenters. The van der Waals surface area contributed by atoms with E-state index < -0.39 is 0 Å². The molecule has 5 aromatic carbocycles. The van der Waals surface area contributed by atoms with E-state index in [-0.39, 0.29) is 5.41 Å². The van der Waals surface area contributed by atoms with Crippen LogP contribution in [-0.4, -0.2) is 9.97 Å². The first-order chi connectivity index (χ1) is 22.2. The summed E-state index contributed by atoms with van der Waals surface area (Å²) in [5.41, 5.74) is 12.5. The second-order valence-electron chi connectivity index (χ2n) is 12.4. The summed E-state index contributed by atoms with van der Waals surface area (Å²) < 4.78 is 2.34. The Morgan fingerprint density at radius 2 is 1.40 bits per heavy atom. The smallest absolute Gasteiger partial charge is 0.161 e. The van der Waals surface area contributed by atoms with E-state index in [0.717, 1.165) is 56.8 Å². The van der Waals surface area contributed by atoms with Crippen molar-refractivity contribution in [2.45, 2.75) is 37.5 Å². The number of hydrogen-bond donors (Lipinski definition) is 0. The zero-order chi connectivity index (χ0) is 30.0. The van der Waals surface area contributed by atoms with E-state index in [0.29, 0.717) is 0 Å². The lowest BCUT2D eigenvalue weighted by Crippen LogP contribution is -2.28. The van der Waals surface area contributed by atoms with Gasteiger partial charge in [0.1, 0.15) is 0 Å². The summed E-state index contributed by atoms with van der Waals surface area (Å²) in [4.78, 5) is 10.6. The summed E-state index contributed by atoms with van der Waals surface area (Å²) >= 11 is 1.76. The van der Waals surface area contributed by atoms with Crippen LogP contribution in [0.25, 0.3) is 65.2 Å². The van der Waals surface area contributed by atoms with Crippen LogP contribution < -0.4 is 0 Å². The minimum atomic E-state index is 0.00728. The molecule has 0 radical (unpaired) electrons. The van der Waals surface area contributed by atoms with Gasteiger partial charge in [0.2, 0.25) is 0 Å². The summed E-state index contributed by atoms with van der Waals surface area (Å²) in [6.07, 6.45) is 6.03. The number of aromatic nitrogens is 2. The van der Waals surface area contributed by atoms with Crippen LogP contribution in [0.5, 0.6) is 0 Å². The van der Waals surface area contributed by atoms with Crippen molar-refractivity contribution in [2.24, 2.45) is 0 Å². The van der Waals surface area contributed by atoms with Crippen molar-refractivity contribution in [3.05, 3.63) is 132 Å². The summed E-state index contributed by atoms with van der Waals surface area (Å²) in [6.45, 7) is 0. The second-order valence-corrected chi connectivity index (χ2v) is 13.4. The van der Waals surface area contributed by atoms with Crippen molar-refractivity contribution in [1.29, 1.82) is 5.26 Å². The van der Waals surface area contributed by atoms with E-state index in [1.54, 1.807) is 11.3 Å². The van der Waals surface area contributed by atoms with Gasteiger partial charge in [0.25, 0.3) is 0 Å². The molecule has 214 valence electrons. The van der Waals surface area contributed by atoms with Crippen LogP contribution in [0, 0.1) is 11.3 Å². The van der Waals surface area contributed by atoms with E-state index in [2.05, 4.69) is 115 Å². The van der Waals surface area contributed by atoms with Crippen molar-refractivity contribution >= 4 is 31.6 Å². The van der Waals surface area contributed by atoms with Crippen LogP contribution in [0.15, 0.2) is 115 Å². The average Bonchev–Trinajstić information content (AvgIpc) is 3.61. The monoisotopic (exact) mass is 595 g/mol. The van der Waals surface area contributed by atoms with Crippen molar-refractivity contribution in [3.63, 3.8) is 0 Å². The fourth-order valence-corrected chi connectivity index (χ4v) is 9.02. The van der Waals surface area contributed by atoms with Crippen LogP contribution >= 0.6 is 11.3 Å². The molecule has 2 aliphatic carbocycles. The number of nitriles is 1. The highest BCUT2D eigenvalue weighted by Crippen LogP contribution is 2.56. The van der Waals surface area contributed by atoms with Gasteiger partial charge in [-0.3, -0.25) is 0 Å². The highest BCUT2D eigenvalue weighted by atomic mass is 32.1. The third-order valence-corrected chi connectivity index (χ3v) is 11.1. The fourth-order valence-electron chi connectivity index (χ4n) is 7.87. The third kappa shape index (κ3) is 4.01. The normalized spacial score (nSPS) is 14.8. The third-order valence-electron chi connectivity index (χ3n) is 9.94. The number of rotatable bonds is 3. The molecule has 0 atom stereocenters. The number of fused-ring (bicyclic) bond motifs is 8. The number of benzene rings is 5. The lowest BCUT2D eigenvalue weighted by atomic mass is 9.67. The standard InChI is InChI=1S/C41H29N3S/c42-25-26-17-20-34-33(23-26)30-19-18-28(24-35(30)41(34)21-9-2-10-22-41)29-13-5-6-14-31(29)40-43-37(27-11-3-1-4-12-27)39-38(44-40)32-15-7-8-16-36(32)45-39/h1,3-8,11-20,23-24H,2,9-10,21-22H2. The van der Waals surface area contributed by atoms with Gasteiger partial charge in [0, 0.05) is 26.6 Å². The summed E-state index contributed by atoms with van der Waals surface area (Å²) in [5.74, 6) is 0.746. The Kier molecular flexibility index (Phi) is 5.98. The number of thiophene rings is 1. The highest BCUT2D eigenvalue weighted by molar-refractivity contribution is 7.26. The van der Waals surface area contributed by atoms with E-state index >= 15 is 0 Å². The van der Waals surface area contributed by atoms with E-state index in [1.165, 1.54) is 57.2 Å². The first-order valence-corrected chi connectivity index (χ1v) is 16.6. The van der Waals surface area contributed by atoms with Gasteiger partial charge in [-0.1, -0.05) is 110 Å². The lowest BCUT2D eigenvalue weighted by Gasteiger charge is -2.36. The molecular formula is C41H29N3S. The van der Waals surface area contributed by atoms with Crippen LogP contribution in [0.3, 0.4) is 0 Å². The quantitative estimate of drug-likeness (QED) is 0.204. The molecule has 2 aliphatic rings. The van der Waals surface area contributed by atoms with Crippen LogP contribution in [0.4, 0.5) is 0 Å². The Morgan fingerprint density at radius 1 is 0.622 bits per heavy atom. The fraction of sp³-hybridized carbons (Fsp3) is 0.146. The zero-order valence-corrected chi connectivity index (χ0v) is 25.6. The van der Waals surface area contributed by atoms with Gasteiger partial charge in [-0.2, -0.15) is 5.26 Å². The maximum Gasteiger partial charge on any atom is 0.161 e. The van der Waals surface area contributed by atoms with Gasteiger partial charge in [-0.25, -0.2) is 9.97 Å². The maximum absolute atomic E-state index is 9.69. The van der Waals surface area contributed by atoms with Crippen LogP contribution in [-0.2, 0) is 5.41 Å². The lowest BCUT2D eigenvalue weighted by molar-refractivity contribution is 0.353. The molecule has 0 amide bonds. The molecule has 1 fully saturated rings. The second kappa shape index (κ2) is 10.2. The Balaban J connectivity index is 1.26. The van der Waals surface area contributed by atoms with Gasteiger partial charge in [0.05, 0.1) is 27.5 Å². The predicted octanol–water partition coefficient (Wildman–Crippen LogP) is 10.9. The van der Waals surface area contributed by atoms with E-state index in [1.807, 2.05) is 6.07 Å². The number of nitrogens with zero attached hydrogens (tertiary/aromatic N) is 3. The molecule has 1 spiro atoms. The molecule has 4 heteroatoms. The Morgan fingerprint density at radius 3 is 2.24 bits per heavy atom. The highest BCUT2D eigenvalue weighted by Gasteiger charge is 2.44. The van der Waals surface area contributed by atoms with Crippen molar-refractivity contribution < 1.29 is 0 Å². The molecule has 7 aromatic rings. The van der Waals surface area contributed by atoms with Crippen LogP contribution in [0.1, 0.15) is 48.8 Å². The van der Waals surface area contributed by atoms with Gasteiger partial charge < -0.3 is 0 Å². The number of hydrogen-bond acceptors (Lipinski definition) is 4. The van der Waals surface area contributed by atoms with Gasteiger partial charge >= 0.3 is 0 Å². The van der Waals surface area contributed by atoms with Gasteiger partial charge in [-0.05, 0) is 70.5 Å². The molecular weight excluding hydrogens is 567 g/mol. The Labute approximate surface area is 266 Å². The van der Waals surface area contributed by atoms with Gasteiger partial charge in [0.15, 0.2) is 5.82 Å². The molecule has 2 aromatic heterocycles. The van der Waals surface area contributed by atoms with E-state index in [4.69, 9.17) is 9.97 Å². The average molecular weight is 596 g/mol. The molecule has 0 aliphatic heterocycles. The summed E-state index contributed by atoms with van der Waals surface area (Å²) in [5, 5.41) is 10.9. The Hall–Kier alpha value is -5.11. The minimum Gasteiger partial charge on any atom is -0.226 e. The molecule has 0 bridgehead atoms. The van der Waals surface area contributed by atoms with E-state index in [9.17, 15) is 5.26 Å². The van der Waals surface area contributed by atoms with Crippen LogP contribution in [0.2, 0.25) is 0 Å². The topological polar surface area (TPSA) is 49.6 Å². The first-order valence-electron chi connectivity index (χ1n) is 15.8. The molecule has 3 nitrogen and oxygen atoms in total.